The Balaban J connectivity index is 1.92. The fourth-order valence-electron chi connectivity index (χ4n) is 2.44. The van der Waals surface area contributed by atoms with E-state index in [0.717, 1.165) is 0 Å². The van der Waals surface area contributed by atoms with Crippen molar-refractivity contribution in [2.45, 2.75) is 0 Å². The summed E-state index contributed by atoms with van der Waals surface area (Å²) in [5, 5.41) is 0.0349. The summed E-state index contributed by atoms with van der Waals surface area (Å²) in [4.78, 5) is 12.5. The van der Waals surface area contributed by atoms with E-state index in [0.29, 0.717) is 39.8 Å². The number of carbonyl (C=O) groups excluding carboxylic acids is 1. The molecule has 2 N–H and O–H groups in total. The number of benzene rings is 2. The molecule has 7 heteroatoms. The quantitative estimate of drug-likeness (QED) is 0.499. The van der Waals surface area contributed by atoms with Gasteiger partial charge in [-0.25, -0.2) is 0 Å². The normalized spacial score (nSPS) is 12.8. The average Bonchev–Trinajstić information content (AvgIpc) is 3.09. The number of allylic oxidation sites excluding steroid dienone is 1. The third-order valence-electron chi connectivity index (χ3n) is 3.69. The van der Waals surface area contributed by atoms with Crippen molar-refractivity contribution in [1.29, 1.82) is 0 Å². The van der Waals surface area contributed by atoms with Crippen molar-refractivity contribution >= 4 is 29.1 Å². The molecule has 1 aliphatic heterocycles. The van der Waals surface area contributed by atoms with E-state index in [-0.39, 0.29) is 17.6 Å². The van der Waals surface area contributed by atoms with Gasteiger partial charge < -0.3 is 24.7 Å². The first kappa shape index (κ1) is 17.0. The monoisotopic (exact) mass is 361 g/mol. The minimum absolute atomic E-state index is 0.0349. The van der Waals surface area contributed by atoms with Gasteiger partial charge in [0, 0.05) is 5.56 Å². The number of hydrogen-bond donors (Lipinski definition) is 1. The van der Waals surface area contributed by atoms with E-state index in [2.05, 4.69) is 0 Å². The summed E-state index contributed by atoms with van der Waals surface area (Å²) in [5.41, 5.74) is 7.23. The van der Waals surface area contributed by atoms with Gasteiger partial charge in [-0.05, 0) is 42.0 Å². The van der Waals surface area contributed by atoms with Gasteiger partial charge in [0.15, 0.2) is 11.5 Å². The van der Waals surface area contributed by atoms with Gasteiger partial charge in [0.1, 0.15) is 5.75 Å². The summed E-state index contributed by atoms with van der Waals surface area (Å²) in [5.74, 6) is 1.64. The molecule has 0 saturated heterocycles. The minimum atomic E-state index is -0.350. The van der Waals surface area contributed by atoms with Crippen LogP contribution in [0.2, 0.25) is 0 Å². The maximum absolute atomic E-state index is 12.5. The average molecular weight is 362 g/mol. The van der Waals surface area contributed by atoms with E-state index in [1.807, 2.05) is 0 Å². The second-order valence-corrected chi connectivity index (χ2v) is 5.64. The number of nitrogens with two attached hydrogens (primary N) is 1. The number of hydrogen-bond acceptors (Lipinski definition) is 6. The van der Waals surface area contributed by atoms with Crippen molar-refractivity contribution in [1.82, 2.24) is 0 Å². The Labute approximate surface area is 149 Å². The first-order chi connectivity index (χ1) is 12.0. The van der Waals surface area contributed by atoms with Crippen molar-refractivity contribution in [3.05, 3.63) is 46.5 Å². The number of rotatable bonds is 5. The number of halogens is 1. The molecule has 0 aromatic heterocycles. The van der Waals surface area contributed by atoms with Crippen LogP contribution in [0.3, 0.4) is 0 Å². The summed E-state index contributed by atoms with van der Waals surface area (Å²) in [6.07, 6.45) is 1.54. The van der Waals surface area contributed by atoms with Gasteiger partial charge in [0.05, 0.1) is 24.9 Å². The Bertz CT molecular complexity index is 863. The Morgan fingerprint density at radius 2 is 1.92 bits per heavy atom. The molecule has 3 rings (SSSR count). The minimum Gasteiger partial charge on any atom is -0.495 e. The molecule has 0 saturated carbocycles. The Kier molecular flexibility index (Phi) is 4.72. The Morgan fingerprint density at radius 1 is 1.16 bits per heavy atom. The number of anilines is 1. The molecule has 0 unspecified atom stereocenters. The smallest absolute Gasteiger partial charge is 0.231 e. The van der Waals surface area contributed by atoms with Gasteiger partial charge in [-0.3, -0.25) is 4.79 Å². The molecule has 130 valence electrons. The van der Waals surface area contributed by atoms with Crippen molar-refractivity contribution < 1.29 is 23.7 Å². The standard InChI is InChI=1S/C18H16ClNO5/c1-22-14-8-11(3-4-13(14)20)17(21)12(19)5-10-6-15(23-2)18-16(7-10)24-9-25-18/h3-8H,9,20H2,1-2H3/b12-5+. The second kappa shape index (κ2) is 6.94. The molecule has 0 bridgehead atoms. The number of fused-ring (bicyclic) bond motifs is 1. The SMILES string of the molecule is COc1cc(C(=O)/C(Cl)=C\c2cc(OC)c3c(c2)OCO3)ccc1N. The molecule has 0 atom stereocenters. The van der Waals surface area contributed by atoms with Crippen LogP contribution in [0, 0.1) is 0 Å². The molecule has 0 aliphatic carbocycles. The van der Waals surface area contributed by atoms with E-state index in [1.54, 1.807) is 30.3 Å². The van der Waals surface area contributed by atoms with E-state index in [1.165, 1.54) is 20.3 Å². The van der Waals surface area contributed by atoms with E-state index >= 15 is 0 Å². The molecule has 1 heterocycles. The maximum atomic E-state index is 12.5. The van der Waals surface area contributed by atoms with E-state index in [9.17, 15) is 4.79 Å². The number of nitrogen functional groups attached to an aromatic ring is 1. The number of carbonyl (C=O) groups is 1. The predicted molar refractivity (Wildman–Crippen MR) is 94.7 cm³/mol. The van der Waals surface area contributed by atoms with Crippen molar-refractivity contribution in [3.63, 3.8) is 0 Å². The summed E-state index contributed by atoms with van der Waals surface area (Å²) in [7, 11) is 3.01. The van der Waals surface area contributed by atoms with Crippen LogP contribution in [-0.4, -0.2) is 26.8 Å². The lowest BCUT2D eigenvalue weighted by Gasteiger charge is -2.08. The predicted octanol–water partition coefficient (Wildman–Crippen LogP) is 3.48. The Morgan fingerprint density at radius 3 is 2.64 bits per heavy atom. The van der Waals surface area contributed by atoms with Crippen LogP contribution in [0.4, 0.5) is 5.69 Å². The fourth-order valence-corrected chi connectivity index (χ4v) is 2.67. The van der Waals surface area contributed by atoms with Crippen LogP contribution in [0.1, 0.15) is 15.9 Å². The maximum Gasteiger partial charge on any atom is 0.231 e. The number of ketones is 1. The third-order valence-corrected chi connectivity index (χ3v) is 3.97. The van der Waals surface area contributed by atoms with Gasteiger partial charge in [-0.2, -0.15) is 0 Å². The molecule has 0 radical (unpaired) electrons. The lowest BCUT2D eigenvalue weighted by atomic mass is 10.1. The molecule has 0 fully saturated rings. The number of ether oxygens (including phenoxy) is 4. The molecule has 0 spiro atoms. The first-order valence-electron chi connectivity index (χ1n) is 7.36. The highest BCUT2D eigenvalue weighted by Gasteiger charge is 2.20. The van der Waals surface area contributed by atoms with E-state index < -0.39 is 0 Å². The molecular formula is C18H16ClNO5. The van der Waals surface area contributed by atoms with Crippen molar-refractivity contribution in [2.24, 2.45) is 0 Å². The van der Waals surface area contributed by atoms with Gasteiger partial charge in [0.25, 0.3) is 0 Å². The molecule has 2 aromatic carbocycles. The van der Waals surface area contributed by atoms with Crippen LogP contribution < -0.4 is 24.7 Å². The summed E-state index contributed by atoms with van der Waals surface area (Å²) in [6.45, 7) is 0.122. The highest BCUT2D eigenvalue weighted by Crippen LogP contribution is 2.42. The van der Waals surface area contributed by atoms with Gasteiger partial charge >= 0.3 is 0 Å². The summed E-state index contributed by atoms with van der Waals surface area (Å²) < 4.78 is 21.1. The molecule has 0 amide bonds. The first-order valence-corrected chi connectivity index (χ1v) is 7.74. The van der Waals surface area contributed by atoms with Crippen molar-refractivity contribution in [3.8, 4) is 23.0 Å². The van der Waals surface area contributed by atoms with Crippen LogP contribution in [0.15, 0.2) is 35.4 Å². The van der Waals surface area contributed by atoms with Gasteiger partial charge in [-0.1, -0.05) is 11.6 Å². The largest absolute Gasteiger partial charge is 0.495 e. The fraction of sp³-hybridized carbons (Fsp3) is 0.167. The third kappa shape index (κ3) is 3.34. The molecule has 6 nitrogen and oxygen atoms in total. The van der Waals surface area contributed by atoms with Crippen LogP contribution in [0.5, 0.6) is 23.0 Å². The Hall–Kier alpha value is -2.86. The number of Topliss-reactive ketones (excluding diaryl/α,β-unsaturated/α-hetero) is 1. The highest BCUT2D eigenvalue weighted by molar-refractivity contribution is 6.47. The van der Waals surface area contributed by atoms with Gasteiger partial charge in [-0.15, -0.1) is 0 Å². The topological polar surface area (TPSA) is 80.0 Å². The van der Waals surface area contributed by atoms with Crippen LogP contribution in [-0.2, 0) is 0 Å². The summed E-state index contributed by atoms with van der Waals surface area (Å²) >= 11 is 6.21. The zero-order valence-corrected chi connectivity index (χ0v) is 14.4. The molecule has 2 aromatic rings. The van der Waals surface area contributed by atoms with E-state index in [4.69, 9.17) is 36.3 Å². The lowest BCUT2D eigenvalue weighted by molar-refractivity contribution is 0.104. The highest BCUT2D eigenvalue weighted by atomic mass is 35.5. The second-order valence-electron chi connectivity index (χ2n) is 5.24. The van der Waals surface area contributed by atoms with Crippen LogP contribution >= 0.6 is 11.6 Å². The number of methoxy groups -OCH3 is 2. The van der Waals surface area contributed by atoms with Crippen LogP contribution in [0.25, 0.3) is 6.08 Å². The molecule has 1 aliphatic rings. The zero-order chi connectivity index (χ0) is 18.0. The van der Waals surface area contributed by atoms with Crippen molar-refractivity contribution in [2.75, 3.05) is 26.7 Å². The lowest BCUT2D eigenvalue weighted by Crippen LogP contribution is -2.01. The van der Waals surface area contributed by atoms with Gasteiger partial charge in [0.2, 0.25) is 18.3 Å². The molecular weight excluding hydrogens is 346 g/mol. The summed E-state index contributed by atoms with van der Waals surface area (Å²) in [6, 6.07) is 8.18. The zero-order valence-electron chi connectivity index (χ0n) is 13.7. The molecule has 25 heavy (non-hydrogen) atoms.